The molecular weight excluding hydrogens is 200 g/mol. The number of carbonyl (C=O) groups is 1. The Hall–Kier alpha value is -2.08. The highest BCUT2D eigenvalue weighted by molar-refractivity contribution is 6.01. The van der Waals surface area contributed by atoms with Gasteiger partial charge in [0.25, 0.3) is 0 Å². The van der Waals surface area contributed by atoms with E-state index in [9.17, 15) is 4.79 Å². The molecule has 0 heterocycles. The summed E-state index contributed by atoms with van der Waals surface area (Å²) in [5.74, 6) is 0.130. The molecule has 3 heteroatoms. The van der Waals surface area contributed by atoms with E-state index >= 15 is 0 Å². The molecule has 0 atom stereocenters. The quantitative estimate of drug-likeness (QED) is 0.819. The SMILES string of the molecule is CC1=C(Nc2ccccc2C#N)C(=O)CC1. The monoisotopic (exact) mass is 212 g/mol. The van der Waals surface area contributed by atoms with Crippen molar-refractivity contribution in [2.45, 2.75) is 19.8 Å². The average molecular weight is 212 g/mol. The molecule has 0 saturated heterocycles. The zero-order valence-electron chi connectivity index (χ0n) is 9.08. The second-order valence-corrected chi connectivity index (χ2v) is 3.86. The van der Waals surface area contributed by atoms with Gasteiger partial charge in [0.05, 0.1) is 16.9 Å². The van der Waals surface area contributed by atoms with Gasteiger partial charge in [-0.3, -0.25) is 4.79 Å². The van der Waals surface area contributed by atoms with Crippen molar-refractivity contribution in [2.75, 3.05) is 5.32 Å². The molecule has 0 bridgehead atoms. The number of nitrogens with zero attached hydrogens (tertiary/aromatic N) is 1. The molecule has 80 valence electrons. The van der Waals surface area contributed by atoms with Crippen molar-refractivity contribution in [3.63, 3.8) is 0 Å². The Labute approximate surface area is 94.4 Å². The summed E-state index contributed by atoms with van der Waals surface area (Å²) in [5, 5.41) is 12.0. The Kier molecular flexibility index (Phi) is 2.74. The molecule has 0 aromatic heterocycles. The van der Waals surface area contributed by atoms with E-state index in [1.807, 2.05) is 19.1 Å². The van der Waals surface area contributed by atoms with E-state index in [1.54, 1.807) is 12.1 Å². The van der Waals surface area contributed by atoms with Crippen LogP contribution in [-0.2, 0) is 4.79 Å². The third-order valence-corrected chi connectivity index (χ3v) is 2.74. The molecule has 2 rings (SSSR count). The number of ketones is 1. The highest BCUT2D eigenvalue weighted by Gasteiger charge is 2.20. The number of hydrogen-bond donors (Lipinski definition) is 1. The van der Waals surface area contributed by atoms with Crippen molar-refractivity contribution in [3.05, 3.63) is 41.1 Å². The number of allylic oxidation sites excluding steroid dienone is 2. The summed E-state index contributed by atoms with van der Waals surface area (Å²) in [6, 6.07) is 9.30. The summed E-state index contributed by atoms with van der Waals surface area (Å²) in [7, 11) is 0. The average Bonchev–Trinajstić information content (AvgIpc) is 2.61. The summed E-state index contributed by atoms with van der Waals surface area (Å²) in [5.41, 5.74) is 2.98. The van der Waals surface area contributed by atoms with Gasteiger partial charge in [-0.15, -0.1) is 0 Å². The molecule has 0 saturated carbocycles. The Bertz CT molecular complexity index is 509. The molecule has 1 aromatic carbocycles. The number of para-hydroxylation sites is 1. The summed E-state index contributed by atoms with van der Waals surface area (Å²) in [6.07, 6.45) is 1.39. The first-order valence-electron chi connectivity index (χ1n) is 5.21. The lowest BCUT2D eigenvalue weighted by Gasteiger charge is -2.08. The van der Waals surface area contributed by atoms with Crippen molar-refractivity contribution in [1.82, 2.24) is 0 Å². The number of carbonyl (C=O) groups excluding carboxylic acids is 1. The molecule has 1 aliphatic carbocycles. The highest BCUT2D eigenvalue weighted by Crippen LogP contribution is 2.25. The number of nitrogens with one attached hydrogen (secondary N) is 1. The van der Waals surface area contributed by atoms with Crippen LogP contribution in [0.4, 0.5) is 5.69 Å². The molecule has 0 spiro atoms. The van der Waals surface area contributed by atoms with E-state index in [0.717, 1.165) is 12.0 Å². The minimum atomic E-state index is 0.130. The third kappa shape index (κ3) is 1.82. The Balaban J connectivity index is 2.32. The van der Waals surface area contributed by atoms with E-state index in [1.165, 1.54) is 0 Å². The second kappa shape index (κ2) is 4.19. The Morgan fingerprint density at radius 1 is 1.31 bits per heavy atom. The van der Waals surface area contributed by atoms with Crippen LogP contribution in [0.2, 0.25) is 0 Å². The predicted molar refractivity (Wildman–Crippen MR) is 61.7 cm³/mol. The van der Waals surface area contributed by atoms with Crippen LogP contribution in [0.25, 0.3) is 0 Å². The van der Waals surface area contributed by atoms with Gasteiger partial charge in [-0.2, -0.15) is 5.26 Å². The van der Waals surface area contributed by atoms with Crippen LogP contribution in [0, 0.1) is 11.3 Å². The largest absolute Gasteiger partial charge is 0.352 e. The molecule has 1 N–H and O–H groups in total. The first kappa shape index (κ1) is 10.4. The topological polar surface area (TPSA) is 52.9 Å². The van der Waals surface area contributed by atoms with Gasteiger partial charge in [0.1, 0.15) is 6.07 Å². The van der Waals surface area contributed by atoms with Gasteiger partial charge in [0.2, 0.25) is 0 Å². The fraction of sp³-hybridized carbons (Fsp3) is 0.231. The van der Waals surface area contributed by atoms with E-state index in [0.29, 0.717) is 23.4 Å². The summed E-state index contributed by atoms with van der Waals surface area (Å²) in [6.45, 7) is 1.95. The van der Waals surface area contributed by atoms with Gasteiger partial charge in [0.15, 0.2) is 5.78 Å². The molecule has 0 unspecified atom stereocenters. The van der Waals surface area contributed by atoms with E-state index in [4.69, 9.17) is 5.26 Å². The minimum absolute atomic E-state index is 0.130. The lowest BCUT2D eigenvalue weighted by atomic mass is 10.2. The molecule has 1 aromatic rings. The Morgan fingerprint density at radius 2 is 2.06 bits per heavy atom. The lowest BCUT2D eigenvalue weighted by Crippen LogP contribution is -2.08. The van der Waals surface area contributed by atoms with Crippen LogP contribution in [0.15, 0.2) is 35.5 Å². The maximum absolute atomic E-state index is 11.6. The van der Waals surface area contributed by atoms with E-state index in [2.05, 4.69) is 11.4 Å². The first-order chi connectivity index (χ1) is 7.72. The van der Waals surface area contributed by atoms with E-state index < -0.39 is 0 Å². The van der Waals surface area contributed by atoms with Crippen LogP contribution in [-0.4, -0.2) is 5.78 Å². The van der Waals surface area contributed by atoms with Crippen molar-refractivity contribution in [2.24, 2.45) is 0 Å². The fourth-order valence-electron chi connectivity index (χ4n) is 1.79. The van der Waals surface area contributed by atoms with Gasteiger partial charge < -0.3 is 5.32 Å². The maximum atomic E-state index is 11.6. The molecule has 16 heavy (non-hydrogen) atoms. The van der Waals surface area contributed by atoms with Crippen molar-refractivity contribution in [3.8, 4) is 6.07 Å². The molecule has 0 aliphatic heterocycles. The van der Waals surface area contributed by atoms with Gasteiger partial charge in [-0.1, -0.05) is 12.1 Å². The van der Waals surface area contributed by atoms with Crippen molar-refractivity contribution in [1.29, 1.82) is 5.26 Å². The Morgan fingerprint density at radius 3 is 2.69 bits per heavy atom. The fourth-order valence-corrected chi connectivity index (χ4v) is 1.79. The zero-order valence-corrected chi connectivity index (χ0v) is 9.08. The smallest absolute Gasteiger partial charge is 0.179 e. The second-order valence-electron chi connectivity index (χ2n) is 3.86. The van der Waals surface area contributed by atoms with Gasteiger partial charge in [-0.05, 0) is 31.1 Å². The number of anilines is 1. The van der Waals surface area contributed by atoms with Crippen LogP contribution in [0.1, 0.15) is 25.3 Å². The zero-order chi connectivity index (χ0) is 11.5. The molecule has 0 amide bonds. The highest BCUT2D eigenvalue weighted by atomic mass is 16.1. The molecule has 1 aliphatic rings. The predicted octanol–water partition coefficient (Wildman–Crippen LogP) is 2.61. The van der Waals surface area contributed by atoms with Crippen LogP contribution < -0.4 is 5.32 Å². The third-order valence-electron chi connectivity index (χ3n) is 2.74. The normalized spacial score (nSPS) is 15.1. The summed E-state index contributed by atoms with van der Waals surface area (Å²) < 4.78 is 0. The summed E-state index contributed by atoms with van der Waals surface area (Å²) >= 11 is 0. The van der Waals surface area contributed by atoms with Crippen molar-refractivity contribution < 1.29 is 4.79 Å². The minimum Gasteiger partial charge on any atom is -0.352 e. The van der Waals surface area contributed by atoms with Crippen LogP contribution >= 0.6 is 0 Å². The molecule has 0 fully saturated rings. The molecule has 3 nitrogen and oxygen atoms in total. The first-order valence-corrected chi connectivity index (χ1v) is 5.21. The standard InChI is InChI=1S/C13H12N2O/c1-9-6-7-12(16)13(9)15-11-5-3-2-4-10(11)8-14/h2-5,15H,6-7H2,1H3. The number of hydrogen-bond acceptors (Lipinski definition) is 3. The molecular formula is C13H12N2O. The number of Topliss-reactive ketones (excluding diaryl/α,β-unsaturated/α-hetero) is 1. The van der Waals surface area contributed by atoms with Gasteiger partial charge in [-0.25, -0.2) is 0 Å². The maximum Gasteiger partial charge on any atom is 0.179 e. The van der Waals surface area contributed by atoms with Crippen molar-refractivity contribution >= 4 is 11.5 Å². The number of benzene rings is 1. The van der Waals surface area contributed by atoms with Crippen LogP contribution in [0.5, 0.6) is 0 Å². The number of nitriles is 1. The number of rotatable bonds is 2. The van der Waals surface area contributed by atoms with Crippen LogP contribution in [0.3, 0.4) is 0 Å². The van der Waals surface area contributed by atoms with Gasteiger partial charge >= 0.3 is 0 Å². The summed E-state index contributed by atoms with van der Waals surface area (Å²) in [4.78, 5) is 11.6. The molecule has 0 radical (unpaired) electrons. The lowest BCUT2D eigenvalue weighted by molar-refractivity contribution is -0.114. The van der Waals surface area contributed by atoms with Gasteiger partial charge in [0, 0.05) is 6.42 Å². The van der Waals surface area contributed by atoms with E-state index in [-0.39, 0.29) is 5.78 Å².